The minimum absolute atomic E-state index is 0.000467. The third-order valence-corrected chi connectivity index (χ3v) is 2.74. The molecule has 10 heteroatoms. The molecule has 102 valence electrons. The van der Waals surface area contributed by atoms with Gasteiger partial charge in [0.15, 0.2) is 0 Å². The second kappa shape index (κ2) is 6.77. The molecule has 0 aliphatic carbocycles. The fraction of sp³-hybridized carbons (Fsp3) is 0.857. The van der Waals surface area contributed by atoms with Gasteiger partial charge >= 0.3 is 6.18 Å². The van der Waals surface area contributed by atoms with E-state index in [1.54, 1.807) is 0 Å². The van der Waals surface area contributed by atoms with E-state index in [0.29, 0.717) is 19.3 Å². The Morgan fingerprint density at radius 2 is 1.82 bits per heavy atom. The molecule has 5 N–H and O–H groups in total. The van der Waals surface area contributed by atoms with Crippen molar-refractivity contribution < 1.29 is 21.6 Å². The lowest BCUT2D eigenvalue weighted by molar-refractivity contribution is -0.121. The topological polar surface area (TPSA) is 108 Å². The molecule has 0 saturated carbocycles. The van der Waals surface area contributed by atoms with Gasteiger partial charge in [0, 0.05) is 13.0 Å². The van der Waals surface area contributed by atoms with Crippen molar-refractivity contribution in [3.05, 3.63) is 0 Å². The predicted octanol–water partition coefficient (Wildman–Crippen LogP) is 0.0790. The second-order valence-electron chi connectivity index (χ2n) is 3.32. The molecule has 0 spiro atoms. The number of hydrogen-bond donors (Lipinski definition) is 4. The molecule has 0 bridgehead atoms. The molecule has 0 unspecified atom stereocenters. The zero-order valence-corrected chi connectivity index (χ0v) is 9.79. The van der Waals surface area contributed by atoms with E-state index in [9.17, 15) is 21.6 Å². The largest absolute Gasteiger partial charge is 0.402 e. The van der Waals surface area contributed by atoms with Gasteiger partial charge < -0.3 is 5.73 Å². The molecule has 0 heterocycles. The van der Waals surface area contributed by atoms with E-state index in [2.05, 4.69) is 0 Å². The maximum absolute atomic E-state index is 11.7. The summed E-state index contributed by atoms with van der Waals surface area (Å²) in [5.74, 6) is -0.0111. The summed E-state index contributed by atoms with van der Waals surface area (Å²) in [4.78, 5) is 0. The molecule has 0 aromatic heterocycles. The van der Waals surface area contributed by atoms with Crippen LogP contribution in [-0.4, -0.2) is 33.5 Å². The van der Waals surface area contributed by atoms with E-state index in [0.717, 1.165) is 0 Å². The highest BCUT2D eigenvalue weighted by molar-refractivity contribution is 7.87. The van der Waals surface area contributed by atoms with Crippen molar-refractivity contribution in [2.24, 2.45) is 5.73 Å². The molecule has 0 aromatic carbocycles. The van der Waals surface area contributed by atoms with Crippen molar-refractivity contribution in [2.45, 2.75) is 25.4 Å². The minimum Gasteiger partial charge on any atom is -0.388 e. The third-order valence-electron chi connectivity index (χ3n) is 1.63. The summed E-state index contributed by atoms with van der Waals surface area (Å²) in [5.41, 5.74) is 5.06. The van der Waals surface area contributed by atoms with Crippen LogP contribution >= 0.6 is 0 Å². The summed E-state index contributed by atoms with van der Waals surface area (Å²) in [6, 6.07) is 0. The van der Waals surface area contributed by atoms with E-state index < -0.39 is 22.9 Å². The maximum atomic E-state index is 11.7. The Balaban J connectivity index is 3.76. The van der Waals surface area contributed by atoms with E-state index >= 15 is 0 Å². The minimum atomic E-state index is -4.58. The maximum Gasteiger partial charge on any atom is 0.402 e. The van der Waals surface area contributed by atoms with Crippen LogP contribution in [0, 0.1) is 5.41 Å². The summed E-state index contributed by atoms with van der Waals surface area (Å²) in [6.07, 6.45) is -3.36. The van der Waals surface area contributed by atoms with Gasteiger partial charge in [0.25, 0.3) is 10.2 Å². The quantitative estimate of drug-likeness (QED) is 0.286. The standard InChI is InChI=1S/C7H15F3N4O2S/c8-7(9,10)5-14-17(15,16)13-4-2-1-3-6(11)12/h13-14H,1-5H2,(H3,11,12). The molecule has 0 rings (SSSR count). The van der Waals surface area contributed by atoms with Gasteiger partial charge in [-0.05, 0) is 12.8 Å². The number of nitrogens with one attached hydrogen (secondary N) is 3. The van der Waals surface area contributed by atoms with Gasteiger partial charge in [0.05, 0.1) is 5.84 Å². The van der Waals surface area contributed by atoms with Crippen molar-refractivity contribution in [1.29, 1.82) is 5.41 Å². The van der Waals surface area contributed by atoms with Crippen LogP contribution in [-0.2, 0) is 10.2 Å². The van der Waals surface area contributed by atoms with Crippen molar-refractivity contribution in [3.63, 3.8) is 0 Å². The lowest BCUT2D eigenvalue weighted by Crippen LogP contribution is -2.41. The summed E-state index contributed by atoms with van der Waals surface area (Å²) in [7, 11) is -4.12. The highest BCUT2D eigenvalue weighted by atomic mass is 32.2. The van der Waals surface area contributed by atoms with Crippen molar-refractivity contribution in [1.82, 2.24) is 9.44 Å². The first kappa shape index (κ1) is 16.1. The van der Waals surface area contributed by atoms with Gasteiger partial charge in [0.2, 0.25) is 0 Å². The Morgan fingerprint density at radius 3 is 2.29 bits per heavy atom. The van der Waals surface area contributed by atoms with Crippen molar-refractivity contribution in [2.75, 3.05) is 13.1 Å². The van der Waals surface area contributed by atoms with E-state index in [1.807, 2.05) is 4.72 Å². The average molecular weight is 276 g/mol. The van der Waals surface area contributed by atoms with Crippen LogP contribution < -0.4 is 15.2 Å². The fourth-order valence-electron chi connectivity index (χ4n) is 0.875. The van der Waals surface area contributed by atoms with E-state index in [-0.39, 0.29) is 12.4 Å². The number of unbranched alkanes of at least 4 members (excludes halogenated alkanes) is 1. The first-order valence-electron chi connectivity index (χ1n) is 4.76. The van der Waals surface area contributed by atoms with Crippen molar-refractivity contribution >= 4 is 16.0 Å². The molecule has 0 fully saturated rings. The Kier molecular flexibility index (Phi) is 6.42. The van der Waals surface area contributed by atoms with Gasteiger partial charge in [-0.3, -0.25) is 5.41 Å². The van der Waals surface area contributed by atoms with Crippen LogP contribution in [0.4, 0.5) is 13.2 Å². The molecule has 0 saturated heterocycles. The smallest absolute Gasteiger partial charge is 0.388 e. The summed E-state index contributed by atoms with van der Waals surface area (Å²) in [5, 5.41) is 6.89. The van der Waals surface area contributed by atoms with Gasteiger partial charge in [-0.1, -0.05) is 0 Å². The van der Waals surface area contributed by atoms with Crippen LogP contribution in [0.2, 0.25) is 0 Å². The summed E-state index contributed by atoms with van der Waals surface area (Å²) >= 11 is 0. The van der Waals surface area contributed by atoms with Gasteiger partial charge in [-0.15, -0.1) is 0 Å². The molecule has 6 nitrogen and oxygen atoms in total. The molecule has 0 atom stereocenters. The molecule has 0 aliphatic heterocycles. The van der Waals surface area contributed by atoms with Gasteiger partial charge in [0.1, 0.15) is 6.54 Å². The molecule has 0 radical (unpaired) electrons. The van der Waals surface area contributed by atoms with E-state index in [1.165, 1.54) is 4.72 Å². The van der Waals surface area contributed by atoms with Crippen LogP contribution in [0.5, 0.6) is 0 Å². The lowest BCUT2D eigenvalue weighted by atomic mass is 10.2. The van der Waals surface area contributed by atoms with Crippen molar-refractivity contribution in [3.8, 4) is 0 Å². The zero-order chi connectivity index (χ0) is 13.5. The SMILES string of the molecule is N=C(N)CCCCNS(=O)(=O)NCC(F)(F)F. The Bertz CT molecular complexity index is 342. The fourth-order valence-corrected chi connectivity index (χ4v) is 1.74. The molecule has 17 heavy (non-hydrogen) atoms. The summed E-state index contributed by atoms with van der Waals surface area (Å²) in [6.45, 7) is -1.60. The van der Waals surface area contributed by atoms with Crippen LogP contribution in [0.25, 0.3) is 0 Å². The van der Waals surface area contributed by atoms with Crippen LogP contribution in [0.1, 0.15) is 19.3 Å². The predicted molar refractivity (Wildman–Crippen MR) is 56.7 cm³/mol. The first-order valence-corrected chi connectivity index (χ1v) is 6.24. The first-order chi connectivity index (χ1) is 7.62. The number of hydrogen-bond acceptors (Lipinski definition) is 3. The Hall–Kier alpha value is -0.870. The number of nitrogens with two attached hydrogens (primary N) is 1. The highest BCUT2D eigenvalue weighted by Gasteiger charge is 2.29. The molecule has 0 amide bonds. The van der Waals surface area contributed by atoms with Gasteiger partial charge in [-0.2, -0.15) is 26.3 Å². The number of rotatable bonds is 8. The lowest BCUT2D eigenvalue weighted by Gasteiger charge is -2.10. The molecule has 0 aromatic rings. The third kappa shape index (κ3) is 11.4. The Labute approximate surface area is 97.4 Å². The Morgan fingerprint density at radius 1 is 1.24 bits per heavy atom. The second-order valence-corrected chi connectivity index (χ2v) is 4.90. The van der Waals surface area contributed by atoms with Gasteiger partial charge in [-0.25, -0.2) is 4.72 Å². The molecule has 0 aliphatic rings. The van der Waals surface area contributed by atoms with Crippen LogP contribution in [0.3, 0.4) is 0 Å². The number of amidine groups is 1. The molecular weight excluding hydrogens is 261 g/mol. The molecular formula is C7H15F3N4O2S. The number of halogens is 3. The van der Waals surface area contributed by atoms with Crippen LogP contribution in [0.15, 0.2) is 0 Å². The number of alkyl halides is 3. The normalized spacial score (nSPS) is 12.6. The average Bonchev–Trinajstić information content (AvgIpc) is 2.13. The summed E-state index contributed by atoms with van der Waals surface area (Å²) < 4.78 is 60.5. The van der Waals surface area contributed by atoms with E-state index in [4.69, 9.17) is 11.1 Å². The highest BCUT2D eigenvalue weighted by Crippen LogP contribution is 2.12. The zero-order valence-electron chi connectivity index (χ0n) is 8.97. The monoisotopic (exact) mass is 276 g/mol.